The lowest BCUT2D eigenvalue weighted by Crippen LogP contribution is -2.15. The van der Waals surface area contributed by atoms with Crippen LogP contribution in [0.15, 0.2) is 66.9 Å². The first-order chi connectivity index (χ1) is 13.0. The first-order valence-corrected chi connectivity index (χ1v) is 8.08. The molecule has 0 N–H and O–H groups in total. The van der Waals surface area contributed by atoms with E-state index in [9.17, 15) is 19.3 Å². The minimum absolute atomic E-state index is 0.0709. The molecule has 3 aromatic rings. The van der Waals surface area contributed by atoms with Gasteiger partial charge in [-0.25, -0.2) is 9.18 Å². The molecule has 7 heteroatoms. The zero-order chi connectivity index (χ0) is 19.4. The molecule has 0 aliphatic carbocycles. The Bertz CT molecular complexity index is 992. The second-order valence-corrected chi connectivity index (χ2v) is 5.80. The fourth-order valence-corrected chi connectivity index (χ4v) is 2.71. The van der Waals surface area contributed by atoms with E-state index in [2.05, 4.69) is 4.98 Å². The minimum Gasteiger partial charge on any atom is -0.447 e. The highest BCUT2D eigenvalue weighted by atomic mass is 19.1. The summed E-state index contributed by atoms with van der Waals surface area (Å²) < 4.78 is 19.3. The maximum Gasteiger partial charge on any atom is 0.339 e. The lowest BCUT2D eigenvalue weighted by atomic mass is 10.0. The van der Waals surface area contributed by atoms with Crippen LogP contribution >= 0.6 is 0 Å². The second kappa shape index (κ2) is 7.74. The first kappa shape index (κ1) is 18.2. The van der Waals surface area contributed by atoms with Gasteiger partial charge in [-0.05, 0) is 37.3 Å². The summed E-state index contributed by atoms with van der Waals surface area (Å²) in [6, 6.07) is 14.9. The van der Waals surface area contributed by atoms with Crippen LogP contribution in [-0.4, -0.2) is 15.9 Å². The predicted octanol–water partition coefficient (Wildman–Crippen LogP) is 4.38. The third-order valence-corrected chi connectivity index (χ3v) is 4.05. The van der Waals surface area contributed by atoms with Gasteiger partial charge in [0.2, 0.25) is 0 Å². The van der Waals surface area contributed by atoms with Gasteiger partial charge in [0.25, 0.3) is 5.69 Å². The van der Waals surface area contributed by atoms with Crippen LogP contribution in [0.3, 0.4) is 0 Å². The molecular formula is C20H15FN2O4. The number of esters is 1. The van der Waals surface area contributed by atoms with Crippen LogP contribution in [0.1, 0.15) is 33.3 Å². The van der Waals surface area contributed by atoms with Gasteiger partial charge in [0.1, 0.15) is 5.82 Å². The fraction of sp³-hybridized carbons (Fsp3) is 0.100. The summed E-state index contributed by atoms with van der Waals surface area (Å²) >= 11 is 0. The molecule has 0 fully saturated rings. The molecule has 6 nitrogen and oxygen atoms in total. The van der Waals surface area contributed by atoms with Crippen LogP contribution in [0.5, 0.6) is 0 Å². The van der Waals surface area contributed by atoms with E-state index in [1.54, 1.807) is 24.3 Å². The number of carbonyl (C=O) groups is 1. The van der Waals surface area contributed by atoms with Gasteiger partial charge >= 0.3 is 5.97 Å². The molecule has 0 spiro atoms. The van der Waals surface area contributed by atoms with Crippen molar-refractivity contribution in [3.05, 3.63) is 105 Å². The summed E-state index contributed by atoms with van der Waals surface area (Å²) in [5.74, 6) is -1.23. The molecule has 0 amide bonds. The molecule has 0 bridgehead atoms. The Hall–Kier alpha value is -3.61. The highest BCUT2D eigenvalue weighted by molar-refractivity contribution is 5.92. The average molecular weight is 366 g/mol. The van der Waals surface area contributed by atoms with Crippen molar-refractivity contribution >= 4 is 11.7 Å². The van der Waals surface area contributed by atoms with E-state index in [1.165, 1.54) is 49.5 Å². The summed E-state index contributed by atoms with van der Waals surface area (Å²) in [5, 5.41) is 11.1. The number of nitro benzene ring substituents is 1. The van der Waals surface area contributed by atoms with Gasteiger partial charge in [-0.2, -0.15) is 0 Å². The van der Waals surface area contributed by atoms with Crippen molar-refractivity contribution in [2.75, 3.05) is 0 Å². The van der Waals surface area contributed by atoms with Crippen LogP contribution in [0.25, 0.3) is 0 Å². The smallest absolute Gasteiger partial charge is 0.339 e. The Labute approximate surface area is 154 Å². The number of carbonyl (C=O) groups excluding carboxylic acids is 1. The predicted molar refractivity (Wildman–Crippen MR) is 95.7 cm³/mol. The molecule has 27 heavy (non-hydrogen) atoms. The molecule has 3 rings (SSSR count). The zero-order valence-electron chi connectivity index (χ0n) is 14.3. The van der Waals surface area contributed by atoms with Crippen molar-refractivity contribution in [2.45, 2.75) is 13.0 Å². The standard InChI is InChI=1S/C20H15FN2O4/c1-13-16(8-5-10-18(13)23(25)26)20(24)27-19(17-9-2-3-11-22-17)14-6-4-7-15(21)12-14/h2-12,19H,1H3. The Morgan fingerprint density at radius 2 is 1.93 bits per heavy atom. The van der Waals surface area contributed by atoms with E-state index in [-0.39, 0.29) is 16.8 Å². The molecule has 0 saturated carbocycles. The Morgan fingerprint density at radius 3 is 2.59 bits per heavy atom. The largest absolute Gasteiger partial charge is 0.447 e. The molecule has 1 unspecified atom stereocenters. The van der Waals surface area contributed by atoms with Crippen molar-refractivity contribution in [2.24, 2.45) is 0 Å². The normalized spacial score (nSPS) is 11.6. The molecule has 0 aliphatic heterocycles. The number of benzene rings is 2. The number of halogens is 1. The van der Waals surface area contributed by atoms with E-state index >= 15 is 0 Å². The minimum atomic E-state index is -0.951. The molecule has 1 aromatic heterocycles. The van der Waals surface area contributed by atoms with Gasteiger partial charge in [0.05, 0.1) is 16.2 Å². The summed E-state index contributed by atoms with van der Waals surface area (Å²) in [7, 11) is 0. The second-order valence-electron chi connectivity index (χ2n) is 5.80. The van der Waals surface area contributed by atoms with Gasteiger partial charge in [0.15, 0.2) is 6.10 Å². The lowest BCUT2D eigenvalue weighted by Gasteiger charge is -2.18. The van der Waals surface area contributed by atoms with Crippen molar-refractivity contribution in [1.29, 1.82) is 0 Å². The van der Waals surface area contributed by atoms with Gasteiger partial charge < -0.3 is 4.74 Å². The molecule has 1 atom stereocenters. The maximum atomic E-state index is 13.7. The number of pyridine rings is 1. The summed E-state index contributed by atoms with van der Waals surface area (Å²) in [6.45, 7) is 1.48. The Morgan fingerprint density at radius 1 is 1.15 bits per heavy atom. The number of aromatic nitrogens is 1. The number of nitrogens with zero attached hydrogens (tertiary/aromatic N) is 2. The Balaban J connectivity index is 1.99. The third kappa shape index (κ3) is 3.98. The van der Waals surface area contributed by atoms with E-state index in [4.69, 9.17) is 4.74 Å². The summed E-state index contributed by atoms with van der Waals surface area (Å²) in [5.41, 5.74) is 0.919. The molecule has 2 aromatic carbocycles. The highest BCUT2D eigenvalue weighted by Gasteiger charge is 2.25. The van der Waals surface area contributed by atoms with Crippen LogP contribution in [-0.2, 0) is 4.74 Å². The first-order valence-electron chi connectivity index (χ1n) is 8.08. The quantitative estimate of drug-likeness (QED) is 0.380. The van der Waals surface area contributed by atoms with Crippen molar-refractivity contribution in [3.63, 3.8) is 0 Å². The summed E-state index contributed by atoms with van der Waals surface area (Å²) in [4.78, 5) is 27.4. The van der Waals surface area contributed by atoms with Crippen molar-refractivity contribution < 1.29 is 18.8 Å². The van der Waals surface area contributed by atoms with Crippen LogP contribution in [0, 0.1) is 22.9 Å². The summed E-state index contributed by atoms with van der Waals surface area (Å²) in [6.07, 6.45) is 0.585. The van der Waals surface area contributed by atoms with Gasteiger partial charge in [-0.3, -0.25) is 15.1 Å². The van der Waals surface area contributed by atoms with Gasteiger partial charge in [-0.15, -0.1) is 0 Å². The maximum absolute atomic E-state index is 13.7. The van der Waals surface area contributed by atoms with E-state index in [0.717, 1.165) is 0 Å². The Kier molecular flexibility index (Phi) is 5.21. The molecule has 136 valence electrons. The number of hydrogen-bond donors (Lipinski definition) is 0. The average Bonchev–Trinajstić information content (AvgIpc) is 2.66. The number of rotatable bonds is 5. The van der Waals surface area contributed by atoms with E-state index in [1.807, 2.05) is 0 Å². The van der Waals surface area contributed by atoms with Gasteiger partial charge in [0, 0.05) is 23.4 Å². The molecule has 0 aliphatic rings. The molecular weight excluding hydrogens is 351 g/mol. The topological polar surface area (TPSA) is 82.3 Å². The van der Waals surface area contributed by atoms with Crippen LogP contribution in [0.2, 0.25) is 0 Å². The third-order valence-electron chi connectivity index (χ3n) is 4.05. The van der Waals surface area contributed by atoms with Crippen molar-refractivity contribution in [3.8, 4) is 0 Å². The van der Waals surface area contributed by atoms with Crippen molar-refractivity contribution in [1.82, 2.24) is 4.98 Å². The monoisotopic (exact) mass is 366 g/mol. The number of hydrogen-bond acceptors (Lipinski definition) is 5. The molecule has 0 radical (unpaired) electrons. The van der Waals surface area contributed by atoms with E-state index < -0.39 is 22.8 Å². The fourth-order valence-electron chi connectivity index (χ4n) is 2.71. The number of nitro groups is 1. The van der Waals surface area contributed by atoms with Crippen LogP contribution < -0.4 is 0 Å². The van der Waals surface area contributed by atoms with E-state index in [0.29, 0.717) is 11.3 Å². The lowest BCUT2D eigenvalue weighted by molar-refractivity contribution is -0.385. The number of ether oxygens (including phenoxy) is 1. The molecule has 1 heterocycles. The SMILES string of the molecule is Cc1c(C(=O)OC(c2cccc(F)c2)c2ccccn2)cccc1[N+](=O)[O-]. The zero-order valence-corrected chi connectivity index (χ0v) is 14.3. The molecule has 0 saturated heterocycles. The van der Waals surface area contributed by atoms with Crippen LogP contribution in [0.4, 0.5) is 10.1 Å². The highest BCUT2D eigenvalue weighted by Crippen LogP contribution is 2.28. The van der Waals surface area contributed by atoms with Gasteiger partial charge in [-0.1, -0.05) is 24.3 Å².